The normalized spacial score (nSPS) is 12.6. The number of rotatable bonds is 3. The molecule has 0 aliphatic carbocycles. The Bertz CT molecular complexity index is 443. The summed E-state index contributed by atoms with van der Waals surface area (Å²) in [6.45, 7) is 5.57. The van der Waals surface area contributed by atoms with E-state index >= 15 is 0 Å². The maximum atomic E-state index is 11.9. The molecule has 17 heavy (non-hydrogen) atoms. The highest BCUT2D eigenvalue weighted by Crippen LogP contribution is 2.15. The van der Waals surface area contributed by atoms with Gasteiger partial charge < -0.3 is 5.32 Å². The Morgan fingerprint density at radius 3 is 2.35 bits per heavy atom. The standard InChI is InChI=1S/C13H15ClN2O/c1-9(14)13(2,3)16-12(17)11-6-4-10(8-15)5-7-11/h4-7,9H,1-3H3,(H,16,17). The predicted molar refractivity (Wildman–Crippen MR) is 68.0 cm³/mol. The number of halogens is 1. The molecule has 1 aromatic carbocycles. The minimum absolute atomic E-state index is 0.176. The van der Waals surface area contributed by atoms with Crippen molar-refractivity contribution < 1.29 is 4.79 Å². The molecular formula is C13H15ClN2O. The molecule has 0 bridgehead atoms. The molecule has 1 unspecified atom stereocenters. The van der Waals surface area contributed by atoms with Gasteiger partial charge in [0.2, 0.25) is 0 Å². The number of benzene rings is 1. The van der Waals surface area contributed by atoms with Gasteiger partial charge in [0.15, 0.2) is 0 Å². The first-order chi connectivity index (χ1) is 7.86. The number of nitrogens with zero attached hydrogens (tertiary/aromatic N) is 1. The van der Waals surface area contributed by atoms with E-state index in [4.69, 9.17) is 16.9 Å². The third-order valence-corrected chi connectivity index (χ3v) is 3.25. The summed E-state index contributed by atoms with van der Waals surface area (Å²) in [4.78, 5) is 11.9. The lowest BCUT2D eigenvalue weighted by molar-refractivity contribution is 0.0912. The van der Waals surface area contributed by atoms with E-state index in [2.05, 4.69) is 5.32 Å². The van der Waals surface area contributed by atoms with Gasteiger partial charge in [-0.25, -0.2) is 0 Å². The van der Waals surface area contributed by atoms with Crippen LogP contribution in [0.2, 0.25) is 0 Å². The predicted octanol–water partition coefficient (Wildman–Crippen LogP) is 2.69. The van der Waals surface area contributed by atoms with Crippen LogP contribution in [0, 0.1) is 11.3 Å². The van der Waals surface area contributed by atoms with Gasteiger partial charge in [0.05, 0.1) is 22.5 Å². The Morgan fingerprint density at radius 1 is 1.41 bits per heavy atom. The van der Waals surface area contributed by atoms with Gasteiger partial charge in [-0.2, -0.15) is 5.26 Å². The lowest BCUT2D eigenvalue weighted by atomic mass is 10.0. The second-order valence-corrected chi connectivity index (χ2v) is 5.14. The first-order valence-corrected chi connectivity index (χ1v) is 5.77. The molecule has 0 aromatic heterocycles. The van der Waals surface area contributed by atoms with Crippen molar-refractivity contribution in [1.82, 2.24) is 5.32 Å². The molecule has 1 N–H and O–H groups in total. The van der Waals surface area contributed by atoms with Crippen LogP contribution in [-0.4, -0.2) is 16.8 Å². The van der Waals surface area contributed by atoms with Gasteiger partial charge in [0.1, 0.15) is 0 Å². The zero-order chi connectivity index (χ0) is 13.1. The van der Waals surface area contributed by atoms with Crippen molar-refractivity contribution in [2.24, 2.45) is 0 Å². The average molecular weight is 251 g/mol. The van der Waals surface area contributed by atoms with E-state index in [1.165, 1.54) is 0 Å². The second-order valence-electron chi connectivity index (χ2n) is 4.48. The van der Waals surface area contributed by atoms with Crippen molar-refractivity contribution in [1.29, 1.82) is 5.26 Å². The molecule has 1 aromatic rings. The molecule has 0 spiro atoms. The molecule has 0 fully saturated rings. The molecule has 0 saturated heterocycles. The van der Waals surface area contributed by atoms with E-state index in [-0.39, 0.29) is 11.3 Å². The number of alkyl halides is 1. The van der Waals surface area contributed by atoms with Gasteiger partial charge in [-0.1, -0.05) is 0 Å². The summed E-state index contributed by atoms with van der Waals surface area (Å²) < 4.78 is 0. The summed E-state index contributed by atoms with van der Waals surface area (Å²) in [5.41, 5.74) is 0.577. The van der Waals surface area contributed by atoms with E-state index in [1.807, 2.05) is 26.8 Å². The zero-order valence-electron chi connectivity index (χ0n) is 10.1. The van der Waals surface area contributed by atoms with Gasteiger partial charge in [-0.15, -0.1) is 11.6 Å². The maximum Gasteiger partial charge on any atom is 0.251 e. The molecule has 0 aliphatic rings. The summed E-state index contributed by atoms with van der Waals surface area (Å²) in [6.07, 6.45) is 0. The van der Waals surface area contributed by atoms with Gasteiger partial charge in [-0.05, 0) is 45.0 Å². The van der Waals surface area contributed by atoms with Crippen LogP contribution in [0.1, 0.15) is 36.7 Å². The average Bonchev–Trinajstić information content (AvgIpc) is 2.28. The zero-order valence-corrected chi connectivity index (χ0v) is 10.9. The molecule has 0 aliphatic heterocycles. The highest BCUT2D eigenvalue weighted by molar-refractivity contribution is 6.21. The summed E-state index contributed by atoms with van der Waals surface area (Å²) >= 11 is 5.99. The monoisotopic (exact) mass is 250 g/mol. The number of amides is 1. The molecule has 1 atom stereocenters. The first kappa shape index (κ1) is 13.5. The molecule has 0 saturated carbocycles. The fraction of sp³-hybridized carbons (Fsp3) is 0.385. The van der Waals surface area contributed by atoms with Crippen LogP contribution >= 0.6 is 11.6 Å². The highest BCUT2D eigenvalue weighted by atomic mass is 35.5. The fourth-order valence-electron chi connectivity index (χ4n) is 1.16. The van der Waals surface area contributed by atoms with Crippen molar-refractivity contribution in [2.45, 2.75) is 31.7 Å². The van der Waals surface area contributed by atoms with E-state index in [0.29, 0.717) is 11.1 Å². The lowest BCUT2D eigenvalue weighted by Crippen LogP contribution is -2.49. The topological polar surface area (TPSA) is 52.9 Å². The number of carbonyl (C=O) groups is 1. The molecule has 1 amide bonds. The smallest absolute Gasteiger partial charge is 0.251 e. The summed E-state index contributed by atoms with van der Waals surface area (Å²) in [5.74, 6) is -0.188. The van der Waals surface area contributed by atoms with E-state index in [0.717, 1.165) is 0 Å². The summed E-state index contributed by atoms with van der Waals surface area (Å²) in [5, 5.41) is 11.3. The van der Waals surface area contributed by atoms with Gasteiger partial charge in [0.25, 0.3) is 5.91 Å². The summed E-state index contributed by atoms with van der Waals surface area (Å²) in [6, 6.07) is 8.50. The minimum atomic E-state index is -0.480. The largest absolute Gasteiger partial charge is 0.346 e. The van der Waals surface area contributed by atoms with Crippen LogP contribution in [0.4, 0.5) is 0 Å². The van der Waals surface area contributed by atoms with E-state index in [1.54, 1.807) is 24.3 Å². The van der Waals surface area contributed by atoms with Crippen LogP contribution in [0.25, 0.3) is 0 Å². The quantitative estimate of drug-likeness (QED) is 0.839. The van der Waals surface area contributed by atoms with Gasteiger partial charge in [-0.3, -0.25) is 4.79 Å². The molecule has 0 radical (unpaired) electrons. The van der Waals surface area contributed by atoms with Crippen LogP contribution in [-0.2, 0) is 0 Å². The second kappa shape index (κ2) is 5.20. The number of carbonyl (C=O) groups excluding carboxylic acids is 1. The van der Waals surface area contributed by atoms with Crippen LogP contribution in [0.3, 0.4) is 0 Å². The molecule has 3 nitrogen and oxygen atoms in total. The Balaban J connectivity index is 2.81. The number of nitriles is 1. The Hall–Kier alpha value is -1.53. The number of hydrogen-bond donors (Lipinski definition) is 1. The van der Waals surface area contributed by atoms with Gasteiger partial charge >= 0.3 is 0 Å². The van der Waals surface area contributed by atoms with Crippen LogP contribution in [0.5, 0.6) is 0 Å². The highest BCUT2D eigenvalue weighted by Gasteiger charge is 2.26. The Kier molecular flexibility index (Phi) is 4.14. The van der Waals surface area contributed by atoms with Crippen molar-refractivity contribution in [2.75, 3.05) is 0 Å². The molecule has 0 heterocycles. The molecule has 4 heteroatoms. The Morgan fingerprint density at radius 2 is 1.94 bits per heavy atom. The van der Waals surface area contributed by atoms with Crippen molar-refractivity contribution >= 4 is 17.5 Å². The van der Waals surface area contributed by atoms with Crippen LogP contribution < -0.4 is 5.32 Å². The number of nitrogens with one attached hydrogen (secondary N) is 1. The van der Waals surface area contributed by atoms with Crippen molar-refractivity contribution in [3.63, 3.8) is 0 Å². The van der Waals surface area contributed by atoms with Crippen molar-refractivity contribution in [3.8, 4) is 6.07 Å². The van der Waals surface area contributed by atoms with Crippen LogP contribution in [0.15, 0.2) is 24.3 Å². The lowest BCUT2D eigenvalue weighted by Gasteiger charge is -2.28. The third kappa shape index (κ3) is 3.47. The maximum absolute atomic E-state index is 11.9. The van der Waals surface area contributed by atoms with Gasteiger partial charge in [0, 0.05) is 5.56 Å². The minimum Gasteiger partial charge on any atom is -0.346 e. The Labute approximate surface area is 106 Å². The van der Waals surface area contributed by atoms with Crippen molar-refractivity contribution in [3.05, 3.63) is 35.4 Å². The summed E-state index contributed by atoms with van der Waals surface area (Å²) in [7, 11) is 0. The fourth-order valence-corrected chi connectivity index (χ4v) is 1.21. The first-order valence-electron chi connectivity index (χ1n) is 5.33. The SMILES string of the molecule is CC(Cl)C(C)(C)NC(=O)c1ccc(C#N)cc1. The molecule has 90 valence electrons. The molecule has 1 rings (SSSR count). The number of hydrogen-bond acceptors (Lipinski definition) is 2. The molecular weight excluding hydrogens is 236 g/mol. The van der Waals surface area contributed by atoms with E-state index in [9.17, 15) is 4.79 Å². The third-order valence-electron chi connectivity index (χ3n) is 2.71. The van der Waals surface area contributed by atoms with E-state index < -0.39 is 5.54 Å².